The fourth-order valence-corrected chi connectivity index (χ4v) is 2.21. The third-order valence-corrected chi connectivity index (χ3v) is 3.37. The Bertz CT molecular complexity index is 796. The maximum atomic E-state index is 13.9. The number of hydrogen-bond acceptors (Lipinski definition) is 3. The third kappa shape index (κ3) is 6.20. The molecule has 0 spiro atoms. The van der Waals surface area contributed by atoms with Crippen molar-refractivity contribution in [1.82, 2.24) is 0 Å². The van der Waals surface area contributed by atoms with Crippen molar-refractivity contribution in [1.29, 1.82) is 0 Å². The molecule has 26 heavy (non-hydrogen) atoms. The van der Waals surface area contributed by atoms with E-state index >= 15 is 0 Å². The second kappa shape index (κ2) is 7.99. The van der Waals surface area contributed by atoms with E-state index in [1.54, 1.807) is 20.8 Å². The molecule has 0 bridgehead atoms. The van der Waals surface area contributed by atoms with Crippen molar-refractivity contribution in [2.24, 2.45) is 0 Å². The Morgan fingerprint density at radius 2 is 1.69 bits per heavy atom. The zero-order valence-electron chi connectivity index (χ0n) is 15.4. The van der Waals surface area contributed by atoms with Crippen LogP contribution in [0.5, 0.6) is 0 Å². The van der Waals surface area contributed by atoms with Crippen LogP contribution in [-0.4, -0.2) is 17.6 Å². The van der Waals surface area contributed by atoms with Gasteiger partial charge >= 0.3 is 6.09 Å². The lowest BCUT2D eigenvalue weighted by Gasteiger charge is -2.20. The quantitative estimate of drug-likeness (QED) is 0.835. The Balaban J connectivity index is 2.02. The molecule has 0 saturated heterocycles. The lowest BCUT2D eigenvalue weighted by atomic mass is 10.1. The summed E-state index contributed by atoms with van der Waals surface area (Å²) >= 11 is 0. The van der Waals surface area contributed by atoms with Crippen LogP contribution in [0.4, 0.5) is 20.6 Å². The minimum absolute atomic E-state index is 0.0626. The summed E-state index contributed by atoms with van der Waals surface area (Å²) in [6.45, 7) is 7.11. The first kappa shape index (κ1) is 19.4. The molecule has 2 N–H and O–H groups in total. The molecule has 0 aliphatic heterocycles. The van der Waals surface area contributed by atoms with E-state index < -0.39 is 17.5 Å². The summed E-state index contributed by atoms with van der Waals surface area (Å²) in [7, 11) is 0. The predicted octanol–water partition coefficient (Wildman–Crippen LogP) is 4.66. The van der Waals surface area contributed by atoms with Crippen LogP contribution in [0.25, 0.3) is 0 Å². The van der Waals surface area contributed by atoms with E-state index in [0.29, 0.717) is 5.69 Å². The molecule has 5 nitrogen and oxygen atoms in total. The fourth-order valence-electron chi connectivity index (χ4n) is 2.21. The van der Waals surface area contributed by atoms with Crippen LogP contribution in [0.15, 0.2) is 42.5 Å². The highest BCUT2D eigenvalue weighted by atomic mass is 19.1. The first-order valence-corrected chi connectivity index (χ1v) is 8.27. The zero-order valence-corrected chi connectivity index (χ0v) is 15.4. The van der Waals surface area contributed by atoms with Gasteiger partial charge in [0.25, 0.3) is 0 Å². The van der Waals surface area contributed by atoms with Gasteiger partial charge in [-0.25, -0.2) is 9.18 Å². The van der Waals surface area contributed by atoms with Gasteiger partial charge in [0.15, 0.2) is 0 Å². The van der Waals surface area contributed by atoms with Crippen molar-refractivity contribution >= 4 is 23.4 Å². The molecule has 138 valence electrons. The van der Waals surface area contributed by atoms with E-state index in [4.69, 9.17) is 4.74 Å². The lowest BCUT2D eigenvalue weighted by molar-refractivity contribution is -0.115. The van der Waals surface area contributed by atoms with Crippen LogP contribution in [-0.2, 0) is 16.0 Å². The number of benzene rings is 2. The first-order chi connectivity index (χ1) is 12.1. The van der Waals surface area contributed by atoms with Crippen molar-refractivity contribution in [3.63, 3.8) is 0 Å². The Morgan fingerprint density at radius 1 is 1.04 bits per heavy atom. The van der Waals surface area contributed by atoms with Crippen molar-refractivity contribution in [2.45, 2.75) is 39.7 Å². The van der Waals surface area contributed by atoms with E-state index in [1.807, 2.05) is 31.2 Å². The number of nitrogens with one attached hydrogen (secondary N) is 2. The molecule has 0 saturated carbocycles. The van der Waals surface area contributed by atoms with E-state index in [2.05, 4.69) is 10.6 Å². The Morgan fingerprint density at radius 3 is 2.31 bits per heavy atom. The number of halogens is 1. The normalized spacial score (nSPS) is 11.0. The summed E-state index contributed by atoms with van der Waals surface area (Å²) in [5, 5.41) is 5.05. The molecule has 0 aliphatic rings. The van der Waals surface area contributed by atoms with Crippen LogP contribution in [0.1, 0.15) is 31.9 Å². The number of anilines is 2. The van der Waals surface area contributed by atoms with Crippen molar-refractivity contribution < 1.29 is 18.7 Å². The van der Waals surface area contributed by atoms with Gasteiger partial charge in [0.05, 0.1) is 12.1 Å². The number of carbonyl (C=O) groups excluding carboxylic acids is 2. The Kier molecular flexibility index (Phi) is 5.97. The van der Waals surface area contributed by atoms with Gasteiger partial charge in [0.1, 0.15) is 11.4 Å². The molecule has 0 fully saturated rings. The predicted molar refractivity (Wildman–Crippen MR) is 99.8 cm³/mol. The summed E-state index contributed by atoms with van der Waals surface area (Å²) in [4.78, 5) is 24.0. The van der Waals surface area contributed by atoms with E-state index in [9.17, 15) is 14.0 Å². The number of amides is 2. The molecule has 0 heterocycles. The van der Waals surface area contributed by atoms with Crippen molar-refractivity contribution in [2.75, 3.05) is 10.6 Å². The Labute approximate surface area is 152 Å². The molecule has 2 aromatic carbocycles. The molecule has 6 heteroatoms. The monoisotopic (exact) mass is 358 g/mol. The van der Waals surface area contributed by atoms with Gasteiger partial charge in [-0.15, -0.1) is 0 Å². The van der Waals surface area contributed by atoms with Gasteiger partial charge in [-0.05, 0) is 51.5 Å². The lowest BCUT2D eigenvalue weighted by Crippen LogP contribution is -2.27. The maximum Gasteiger partial charge on any atom is 0.412 e. The van der Waals surface area contributed by atoms with Gasteiger partial charge < -0.3 is 10.1 Å². The average molecular weight is 358 g/mol. The fraction of sp³-hybridized carbons (Fsp3) is 0.300. The molecular formula is C20H23FN2O3. The number of aryl methyl sites for hydroxylation is 1. The second-order valence-corrected chi connectivity index (χ2v) is 7.03. The third-order valence-electron chi connectivity index (χ3n) is 3.37. The molecule has 0 aliphatic carbocycles. The number of hydrogen-bond donors (Lipinski definition) is 2. The second-order valence-electron chi connectivity index (χ2n) is 7.03. The molecule has 0 radical (unpaired) electrons. The summed E-state index contributed by atoms with van der Waals surface area (Å²) in [5.74, 6) is -0.851. The van der Waals surface area contributed by atoms with Gasteiger partial charge in [0, 0.05) is 5.69 Å². The molecule has 2 aromatic rings. The molecule has 0 atom stereocenters. The number of rotatable bonds is 4. The molecule has 0 aromatic heterocycles. The van der Waals surface area contributed by atoms with Crippen LogP contribution < -0.4 is 10.6 Å². The summed E-state index contributed by atoms with van der Waals surface area (Å²) in [5.41, 5.74) is 1.62. The van der Waals surface area contributed by atoms with Gasteiger partial charge in [-0.3, -0.25) is 10.1 Å². The van der Waals surface area contributed by atoms with Crippen LogP contribution in [0.2, 0.25) is 0 Å². The van der Waals surface area contributed by atoms with Gasteiger partial charge in [-0.2, -0.15) is 0 Å². The highest BCUT2D eigenvalue weighted by Gasteiger charge is 2.17. The summed E-state index contributed by atoms with van der Waals surface area (Å²) in [6, 6.07) is 11.6. The van der Waals surface area contributed by atoms with E-state index in [-0.39, 0.29) is 18.0 Å². The standard InChI is InChI=1S/C20H23FN2O3/c1-13-5-7-14(8-6-13)11-18(24)22-15-9-10-16(21)17(12-15)23-19(25)26-20(2,3)4/h5-10,12H,11H2,1-4H3,(H,22,24)(H,23,25). The molecule has 2 amide bonds. The van der Waals surface area contributed by atoms with Crippen LogP contribution in [0, 0.1) is 12.7 Å². The largest absolute Gasteiger partial charge is 0.444 e. The summed E-state index contributed by atoms with van der Waals surface area (Å²) < 4.78 is 19.0. The average Bonchev–Trinajstić information content (AvgIpc) is 2.51. The molecular weight excluding hydrogens is 335 g/mol. The van der Waals surface area contributed by atoms with E-state index in [1.165, 1.54) is 18.2 Å². The molecule has 2 rings (SSSR count). The van der Waals surface area contributed by atoms with Gasteiger partial charge in [-0.1, -0.05) is 29.8 Å². The Hall–Kier alpha value is -2.89. The minimum atomic E-state index is -0.764. The zero-order chi connectivity index (χ0) is 19.3. The van der Waals surface area contributed by atoms with E-state index in [0.717, 1.165) is 11.1 Å². The first-order valence-electron chi connectivity index (χ1n) is 8.27. The molecule has 0 unspecified atom stereocenters. The number of carbonyl (C=O) groups is 2. The maximum absolute atomic E-state index is 13.9. The highest BCUT2D eigenvalue weighted by Crippen LogP contribution is 2.21. The smallest absolute Gasteiger partial charge is 0.412 e. The highest BCUT2D eigenvalue weighted by molar-refractivity contribution is 5.93. The SMILES string of the molecule is Cc1ccc(CC(=O)Nc2ccc(F)c(NC(=O)OC(C)(C)C)c2)cc1. The van der Waals surface area contributed by atoms with Gasteiger partial charge in [0.2, 0.25) is 5.91 Å². The van der Waals surface area contributed by atoms with Crippen molar-refractivity contribution in [3.05, 3.63) is 59.4 Å². The van der Waals surface area contributed by atoms with Crippen LogP contribution in [0.3, 0.4) is 0 Å². The minimum Gasteiger partial charge on any atom is -0.444 e. The topological polar surface area (TPSA) is 67.4 Å². The summed E-state index contributed by atoms with van der Waals surface area (Å²) in [6.07, 6.45) is -0.563. The van der Waals surface area contributed by atoms with Crippen molar-refractivity contribution in [3.8, 4) is 0 Å². The van der Waals surface area contributed by atoms with Crippen LogP contribution >= 0.6 is 0 Å². The number of ether oxygens (including phenoxy) is 1.